The molecule has 2 aromatic rings. The number of carbonyl (C=O) groups is 1. The molecular weight excluding hydrogens is 352 g/mol. The Kier molecular flexibility index (Phi) is 4.07. The van der Waals surface area contributed by atoms with Gasteiger partial charge in [0.25, 0.3) is 0 Å². The van der Waals surface area contributed by atoms with E-state index in [0.29, 0.717) is 10.0 Å². The van der Waals surface area contributed by atoms with Crippen LogP contribution in [0.15, 0.2) is 44.4 Å². The number of rotatable bonds is 4. The molecule has 0 amide bonds. The molecule has 0 spiro atoms. The average Bonchev–Trinajstić information content (AvgIpc) is 2.80. The van der Waals surface area contributed by atoms with Crippen LogP contribution in [0, 0.1) is 0 Å². The first-order valence-corrected chi connectivity index (χ1v) is 8.55. The van der Waals surface area contributed by atoms with Gasteiger partial charge in [-0.2, -0.15) is 11.3 Å². The maximum atomic E-state index is 12.3. The number of halogens is 1. The number of carboxylic acid groups (broad SMARTS) is 1. The highest BCUT2D eigenvalue weighted by atomic mass is 79.9. The lowest BCUT2D eigenvalue weighted by Crippen LogP contribution is -2.11. The Morgan fingerprint density at radius 1 is 1.32 bits per heavy atom. The van der Waals surface area contributed by atoms with Crippen molar-refractivity contribution < 1.29 is 18.3 Å². The third-order valence-electron chi connectivity index (χ3n) is 2.45. The van der Waals surface area contributed by atoms with Crippen molar-refractivity contribution in [2.75, 3.05) is 0 Å². The summed E-state index contributed by atoms with van der Waals surface area (Å²) in [5.41, 5.74) is 0.444. The average molecular weight is 361 g/mol. The Morgan fingerprint density at radius 2 is 2.05 bits per heavy atom. The van der Waals surface area contributed by atoms with Crippen molar-refractivity contribution in [2.45, 2.75) is 10.6 Å². The second-order valence-corrected chi connectivity index (χ2v) is 7.49. The van der Waals surface area contributed by atoms with Gasteiger partial charge in [0.2, 0.25) is 0 Å². The molecule has 0 saturated heterocycles. The van der Waals surface area contributed by atoms with Crippen LogP contribution in [0.1, 0.15) is 15.9 Å². The van der Waals surface area contributed by atoms with Crippen LogP contribution in [0.2, 0.25) is 0 Å². The molecule has 19 heavy (non-hydrogen) atoms. The van der Waals surface area contributed by atoms with Crippen LogP contribution in [-0.2, 0) is 15.6 Å². The molecule has 100 valence electrons. The molecule has 2 rings (SSSR count). The molecule has 0 saturated carbocycles. The lowest BCUT2D eigenvalue weighted by atomic mass is 10.2. The van der Waals surface area contributed by atoms with E-state index in [1.165, 1.54) is 29.5 Å². The van der Waals surface area contributed by atoms with Gasteiger partial charge in [-0.05, 0) is 40.6 Å². The van der Waals surface area contributed by atoms with Crippen LogP contribution in [0.3, 0.4) is 0 Å². The SMILES string of the molecule is O=C(O)c1ccc(Br)cc1S(=O)(=O)Cc1ccsc1. The van der Waals surface area contributed by atoms with Crippen molar-refractivity contribution in [3.63, 3.8) is 0 Å². The minimum absolute atomic E-state index is 0.166. The van der Waals surface area contributed by atoms with Gasteiger partial charge in [0, 0.05) is 4.47 Å². The highest BCUT2D eigenvalue weighted by Crippen LogP contribution is 2.25. The van der Waals surface area contributed by atoms with E-state index in [1.54, 1.807) is 16.8 Å². The highest BCUT2D eigenvalue weighted by Gasteiger charge is 2.23. The molecule has 4 nitrogen and oxygen atoms in total. The standard InChI is InChI=1S/C12H9BrO4S2/c13-9-1-2-10(12(14)15)11(5-9)19(16,17)7-8-3-4-18-6-8/h1-6H,7H2,(H,14,15). The number of carboxylic acids is 1. The maximum absolute atomic E-state index is 12.3. The van der Waals surface area contributed by atoms with E-state index in [-0.39, 0.29) is 16.2 Å². The van der Waals surface area contributed by atoms with Crippen LogP contribution in [0.5, 0.6) is 0 Å². The molecule has 1 aromatic heterocycles. The molecule has 0 radical (unpaired) electrons. The normalized spacial score (nSPS) is 11.4. The molecule has 0 fully saturated rings. The molecule has 0 aliphatic carbocycles. The summed E-state index contributed by atoms with van der Waals surface area (Å²) < 4.78 is 25.1. The van der Waals surface area contributed by atoms with E-state index in [9.17, 15) is 13.2 Å². The molecule has 0 atom stereocenters. The predicted molar refractivity (Wildman–Crippen MR) is 76.3 cm³/mol. The summed E-state index contributed by atoms with van der Waals surface area (Å²) in [5.74, 6) is -1.45. The summed E-state index contributed by atoms with van der Waals surface area (Å²) in [6, 6.07) is 5.83. The Bertz CT molecular complexity index is 705. The van der Waals surface area contributed by atoms with Crippen LogP contribution < -0.4 is 0 Å². The summed E-state index contributed by atoms with van der Waals surface area (Å²) in [4.78, 5) is 10.9. The van der Waals surface area contributed by atoms with Gasteiger partial charge in [-0.3, -0.25) is 0 Å². The van der Waals surface area contributed by atoms with Crippen molar-refractivity contribution >= 4 is 43.1 Å². The third kappa shape index (κ3) is 3.23. The van der Waals surface area contributed by atoms with E-state index in [0.717, 1.165) is 0 Å². The molecule has 7 heteroatoms. The van der Waals surface area contributed by atoms with Crippen molar-refractivity contribution in [3.8, 4) is 0 Å². The van der Waals surface area contributed by atoms with Gasteiger partial charge in [0.15, 0.2) is 9.84 Å². The molecular formula is C12H9BrO4S2. The van der Waals surface area contributed by atoms with Crippen molar-refractivity contribution in [2.24, 2.45) is 0 Å². The number of hydrogen-bond acceptors (Lipinski definition) is 4. The van der Waals surface area contributed by atoms with Crippen LogP contribution >= 0.6 is 27.3 Å². The largest absolute Gasteiger partial charge is 0.478 e. The molecule has 0 aliphatic heterocycles. The van der Waals surface area contributed by atoms with E-state index in [1.807, 2.05) is 0 Å². The van der Waals surface area contributed by atoms with Gasteiger partial charge >= 0.3 is 5.97 Å². The number of hydrogen-bond donors (Lipinski definition) is 1. The molecule has 0 aliphatic rings. The second-order valence-electron chi connectivity index (χ2n) is 3.84. The fourth-order valence-corrected chi connectivity index (χ4v) is 4.46. The topological polar surface area (TPSA) is 71.4 Å². The van der Waals surface area contributed by atoms with E-state index < -0.39 is 15.8 Å². The lowest BCUT2D eigenvalue weighted by Gasteiger charge is -2.07. The Balaban J connectivity index is 2.50. The van der Waals surface area contributed by atoms with Gasteiger partial charge < -0.3 is 5.11 Å². The van der Waals surface area contributed by atoms with E-state index in [4.69, 9.17) is 5.11 Å². The monoisotopic (exact) mass is 360 g/mol. The quantitative estimate of drug-likeness (QED) is 0.908. The zero-order chi connectivity index (χ0) is 14.0. The number of benzene rings is 1. The second kappa shape index (κ2) is 5.44. The minimum atomic E-state index is -3.69. The van der Waals surface area contributed by atoms with Crippen molar-refractivity contribution in [3.05, 3.63) is 50.6 Å². The summed E-state index contributed by atoms with van der Waals surface area (Å²) >= 11 is 4.56. The molecule has 1 heterocycles. The Morgan fingerprint density at radius 3 is 2.63 bits per heavy atom. The fraction of sp³-hybridized carbons (Fsp3) is 0.0833. The molecule has 0 bridgehead atoms. The number of sulfone groups is 1. The summed E-state index contributed by atoms with van der Waals surface area (Å²) in [7, 11) is -3.69. The van der Waals surface area contributed by atoms with E-state index >= 15 is 0 Å². The lowest BCUT2D eigenvalue weighted by molar-refractivity contribution is 0.0692. The van der Waals surface area contributed by atoms with E-state index in [2.05, 4.69) is 15.9 Å². The first-order valence-electron chi connectivity index (χ1n) is 5.17. The Hall–Kier alpha value is -1.18. The smallest absolute Gasteiger partial charge is 0.337 e. The van der Waals surface area contributed by atoms with Gasteiger partial charge in [0.05, 0.1) is 16.2 Å². The van der Waals surface area contributed by atoms with Crippen LogP contribution in [0.25, 0.3) is 0 Å². The highest BCUT2D eigenvalue weighted by molar-refractivity contribution is 9.10. The predicted octanol–water partition coefficient (Wildman–Crippen LogP) is 3.18. The summed E-state index contributed by atoms with van der Waals surface area (Å²) in [5, 5.41) is 12.6. The third-order valence-corrected chi connectivity index (χ3v) is 5.39. The van der Waals surface area contributed by atoms with Crippen LogP contribution in [-0.4, -0.2) is 19.5 Å². The van der Waals surface area contributed by atoms with Crippen LogP contribution in [0.4, 0.5) is 0 Å². The van der Waals surface area contributed by atoms with Gasteiger partial charge in [-0.15, -0.1) is 0 Å². The summed E-state index contributed by atoms with van der Waals surface area (Å²) in [6.45, 7) is 0. The van der Waals surface area contributed by atoms with Crippen molar-refractivity contribution in [1.82, 2.24) is 0 Å². The minimum Gasteiger partial charge on any atom is -0.478 e. The van der Waals surface area contributed by atoms with Gasteiger partial charge in [-0.1, -0.05) is 15.9 Å². The Labute approximate surface area is 122 Å². The van der Waals surface area contributed by atoms with Gasteiger partial charge in [-0.25, -0.2) is 13.2 Å². The molecule has 1 aromatic carbocycles. The first kappa shape index (κ1) is 14.2. The zero-order valence-corrected chi connectivity index (χ0v) is 12.8. The molecule has 0 unspecified atom stereocenters. The fourth-order valence-electron chi connectivity index (χ4n) is 1.60. The van der Waals surface area contributed by atoms with Gasteiger partial charge in [0.1, 0.15) is 0 Å². The number of thiophene rings is 1. The first-order chi connectivity index (χ1) is 8.90. The van der Waals surface area contributed by atoms with Crippen molar-refractivity contribution in [1.29, 1.82) is 0 Å². The maximum Gasteiger partial charge on any atom is 0.337 e. The number of aromatic carboxylic acids is 1. The molecule has 1 N–H and O–H groups in total. The summed E-state index contributed by atoms with van der Waals surface area (Å²) in [6.07, 6.45) is 0. The zero-order valence-electron chi connectivity index (χ0n) is 9.54.